The number of methoxy groups -OCH3 is 1. The molecule has 0 aromatic carbocycles. The van der Waals surface area contributed by atoms with Gasteiger partial charge < -0.3 is 4.74 Å². The van der Waals surface area contributed by atoms with E-state index in [1.54, 1.807) is 6.08 Å². The number of hydrogen-bond acceptors (Lipinski definition) is 2. The molecule has 0 saturated heterocycles. The smallest absolute Gasteiger partial charge is 0.330 e. The van der Waals surface area contributed by atoms with Gasteiger partial charge in [-0.05, 0) is 52.4 Å². The van der Waals surface area contributed by atoms with E-state index in [0.29, 0.717) is 0 Å². The lowest BCUT2D eigenvalue weighted by Crippen LogP contribution is -1.95. The Morgan fingerprint density at radius 3 is 2.15 bits per heavy atom. The van der Waals surface area contributed by atoms with Crippen LogP contribution in [0.25, 0.3) is 0 Å². The van der Waals surface area contributed by atoms with Crippen LogP contribution < -0.4 is 0 Å². The number of allylic oxidation sites excluding steroid dienone is 5. The van der Waals surface area contributed by atoms with Gasteiger partial charge in [-0.15, -0.1) is 0 Å². The van der Waals surface area contributed by atoms with Crippen molar-refractivity contribution in [1.29, 1.82) is 0 Å². The van der Waals surface area contributed by atoms with Gasteiger partial charge in [0.05, 0.1) is 7.11 Å². The summed E-state index contributed by atoms with van der Waals surface area (Å²) in [6, 6.07) is 0. The number of ether oxygens (including phenoxy) is 1. The van der Waals surface area contributed by atoms with Gasteiger partial charge in [0.25, 0.3) is 0 Å². The first kappa shape index (κ1) is 18.7. The van der Waals surface area contributed by atoms with Gasteiger partial charge >= 0.3 is 5.97 Å². The molecule has 0 radical (unpaired) electrons. The van der Waals surface area contributed by atoms with Crippen LogP contribution in [0.2, 0.25) is 0 Å². The van der Waals surface area contributed by atoms with E-state index in [4.69, 9.17) is 0 Å². The molecule has 0 spiro atoms. The summed E-state index contributed by atoms with van der Waals surface area (Å²) in [7, 11) is 1.41. The largest absolute Gasteiger partial charge is 0.466 e. The van der Waals surface area contributed by atoms with Crippen molar-refractivity contribution in [2.45, 2.75) is 66.2 Å². The fraction of sp³-hybridized carbons (Fsp3) is 0.611. The molecule has 0 amide bonds. The first-order valence-electron chi connectivity index (χ1n) is 7.62. The van der Waals surface area contributed by atoms with Crippen molar-refractivity contribution >= 4 is 5.97 Å². The lowest BCUT2D eigenvalue weighted by Gasteiger charge is -2.04. The molecule has 0 aliphatic rings. The summed E-state index contributed by atoms with van der Waals surface area (Å²) in [5, 5.41) is 0. The highest BCUT2D eigenvalue weighted by Gasteiger charge is 1.98. The van der Waals surface area contributed by atoms with Crippen LogP contribution in [-0.4, -0.2) is 13.1 Å². The second-order valence-corrected chi connectivity index (χ2v) is 5.21. The summed E-state index contributed by atoms with van der Waals surface area (Å²) in [6.07, 6.45) is 12.7. The Bertz CT molecular complexity index is 373. The standard InChI is InChI=1S/C18H30O2/c1-6-15(3)10-8-12-17(7-2)13-9-11-16(4)14-18(19)20-5/h10,13-14H,6-9,11-12H2,1-5H3/b15-10+,16-14+,17-13+. The zero-order valence-corrected chi connectivity index (χ0v) is 13.8. The molecular weight excluding hydrogens is 248 g/mol. The molecule has 0 unspecified atom stereocenters. The summed E-state index contributed by atoms with van der Waals surface area (Å²) in [6.45, 7) is 8.57. The zero-order chi connectivity index (χ0) is 15.4. The number of carbonyl (C=O) groups is 1. The molecular formula is C18H30O2. The van der Waals surface area contributed by atoms with E-state index < -0.39 is 0 Å². The van der Waals surface area contributed by atoms with E-state index in [2.05, 4.69) is 37.7 Å². The van der Waals surface area contributed by atoms with Crippen LogP contribution in [-0.2, 0) is 9.53 Å². The van der Waals surface area contributed by atoms with Crippen molar-refractivity contribution in [2.24, 2.45) is 0 Å². The third kappa shape index (κ3) is 9.60. The molecule has 0 N–H and O–H groups in total. The summed E-state index contributed by atoms with van der Waals surface area (Å²) >= 11 is 0. The zero-order valence-electron chi connectivity index (χ0n) is 13.8. The highest BCUT2D eigenvalue weighted by atomic mass is 16.5. The molecule has 0 heterocycles. The topological polar surface area (TPSA) is 26.3 Å². The molecule has 2 nitrogen and oxygen atoms in total. The third-order valence-corrected chi connectivity index (χ3v) is 3.51. The summed E-state index contributed by atoms with van der Waals surface area (Å²) < 4.78 is 4.62. The predicted molar refractivity (Wildman–Crippen MR) is 86.7 cm³/mol. The molecule has 0 aliphatic carbocycles. The monoisotopic (exact) mass is 278 g/mol. The maximum Gasteiger partial charge on any atom is 0.330 e. The van der Waals surface area contributed by atoms with Crippen LogP contribution in [0.5, 0.6) is 0 Å². The molecule has 0 aromatic heterocycles. The second-order valence-electron chi connectivity index (χ2n) is 5.21. The van der Waals surface area contributed by atoms with Gasteiger partial charge in [-0.25, -0.2) is 4.79 Å². The van der Waals surface area contributed by atoms with Gasteiger partial charge in [0, 0.05) is 6.08 Å². The molecule has 0 atom stereocenters. The van der Waals surface area contributed by atoms with E-state index in [-0.39, 0.29) is 5.97 Å². The van der Waals surface area contributed by atoms with Crippen molar-refractivity contribution in [3.05, 3.63) is 34.9 Å². The lowest BCUT2D eigenvalue weighted by atomic mass is 10.0. The molecule has 0 fully saturated rings. The second kappa shape index (κ2) is 11.5. The van der Waals surface area contributed by atoms with Crippen LogP contribution in [0.3, 0.4) is 0 Å². The molecule has 0 bridgehead atoms. The SMILES string of the molecule is CC/C(C)=C/CC/C(=C/CC/C(C)=C/C(=O)OC)CC. The van der Waals surface area contributed by atoms with Crippen LogP contribution in [0, 0.1) is 0 Å². The van der Waals surface area contributed by atoms with Gasteiger partial charge in [-0.2, -0.15) is 0 Å². The Hall–Kier alpha value is -1.31. The molecule has 0 aliphatic heterocycles. The molecule has 0 aromatic rings. The Morgan fingerprint density at radius 2 is 1.60 bits per heavy atom. The van der Waals surface area contributed by atoms with E-state index in [0.717, 1.165) is 44.1 Å². The summed E-state index contributed by atoms with van der Waals surface area (Å²) in [5.41, 5.74) is 4.05. The quantitative estimate of drug-likeness (QED) is 0.322. The van der Waals surface area contributed by atoms with Crippen molar-refractivity contribution in [2.75, 3.05) is 7.11 Å². The Kier molecular flexibility index (Phi) is 10.8. The van der Waals surface area contributed by atoms with Crippen molar-refractivity contribution in [3.63, 3.8) is 0 Å². The minimum absolute atomic E-state index is 0.262. The fourth-order valence-corrected chi connectivity index (χ4v) is 1.91. The maximum atomic E-state index is 11.1. The van der Waals surface area contributed by atoms with Gasteiger partial charge in [0.2, 0.25) is 0 Å². The third-order valence-electron chi connectivity index (χ3n) is 3.51. The summed E-state index contributed by atoms with van der Waals surface area (Å²) in [4.78, 5) is 11.1. The number of carbonyl (C=O) groups excluding carboxylic acids is 1. The van der Waals surface area contributed by atoms with E-state index in [1.807, 2.05) is 6.92 Å². The van der Waals surface area contributed by atoms with Crippen LogP contribution in [0.15, 0.2) is 34.9 Å². The normalized spacial score (nSPS) is 13.6. The minimum Gasteiger partial charge on any atom is -0.466 e. The Morgan fingerprint density at radius 1 is 0.950 bits per heavy atom. The van der Waals surface area contributed by atoms with Crippen LogP contribution in [0.4, 0.5) is 0 Å². The van der Waals surface area contributed by atoms with Gasteiger partial charge in [0.1, 0.15) is 0 Å². The fourth-order valence-electron chi connectivity index (χ4n) is 1.91. The molecule has 0 saturated carbocycles. The average molecular weight is 278 g/mol. The minimum atomic E-state index is -0.262. The number of hydrogen-bond donors (Lipinski definition) is 0. The van der Waals surface area contributed by atoms with Crippen molar-refractivity contribution in [1.82, 2.24) is 0 Å². The van der Waals surface area contributed by atoms with Crippen molar-refractivity contribution < 1.29 is 9.53 Å². The van der Waals surface area contributed by atoms with Crippen molar-refractivity contribution in [3.8, 4) is 0 Å². The van der Waals surface area contributed by atoms with E-state index in [1.165, 1.54) is 18.3 Å². The van der Waals surface area contributed by atoms with Gasteiger partial charge in [0.15, 0.2) is 0 Å². The first-order chi connectivity index (χ1) is 9.53. The molecule has 20 heavy (non-hydrogen) atoms. The predicted octanol–water partition coefficient (Wildman–Crippen LogP) is 5.36. The first-order valence-corrected chi connectivity index (χ1v) is 7.62. The lowest BCUT2D eigenvalue weighted by molar-refractivity contribution is -0.134. The highest BCUT2D eigenvalue weighted by Crippen LogP contribution is 2.15. The summed E-state index contributed by atoms with van der Waals surface area (Å²) in [5.74, 6) is -0.262. The Balaban J connectivity index is 4.19. The van der Waals surface area contributed by atoms with Crippen LogP contribution >= 0.6 is 0 Å². The number of rotatable bonds is 9. The average Bonchev–Trinajstić information content (AvgIpc) is 2.44. The highest BCUT2D eigenvalue weighted by molar-refractivity contribution is 5.82. The van der Waals surface area contributed by atoms with Gasteiger partial charge in [-0.1, -0.05) is 42.7 Å². The molecule has 2 heteroatoms. The van der Waals surface area contributed by atoms with E-state index >= 15 is 0 Å². The Labute approximate surface area is 124 Å². The molecule has 114 valence electrons. The molecule has 0 rings (SSSR count). The number of esters is 1. The van der Waals surface area contributed by atoms with E-state index in [9.17, 15) is 4.79 Å². The maximum absolute atomic E-state index is 11.1. The van der Waals surface area contributed by atoms with Crippen LogP contribution in [0.1, 0.15) is 66.2 Å². The van der Waals surface area contributed by atoms with Gasteiger partial charge in [-0.3, -0.25) is 0 Å².